The monoisotopic (exact) mass is 1090 g/mol. The van der Waals surface area contributed by atoms with Crippen LogP contribution in [0.25, 0.3) is 0 Å². The van der Waals surface area contributed by atoms with Crippen LogP contribution in [0, 0.1) is 0 Å². The zero-order valence-corrected chi connectivity index (χ0v) is 51.1. The van der Waals surface area contributed by atoms with Crippen LogP contribution in [0.3, 0.4) is 0 Å². The summed E-state index contributed by atoms with van der Waals surface area (Å²) in [5.41, 5.74) is 0. The molecule has 0 aliphatic heterocycles. The van der Waals surface area contributed by atoms with Gasteiger partial charge in [0.05, 0.1) is 0 Å². The van der Waals surface area contributed by atoms with Crippen molar-refractivity contribution in [3.8, 4) is 0 Å². The Bertz CT molecular complexity index is 1730. The standard InChI is InChI=1S/C73H118O6/c1-4-7-10-13-16-19-22-25-26-27-28-29-30-31-32-33-34-35-36-37-38-39-40-41-42-43-44-45-46-49-51-54-57-60-63-66-72(75)78-69-70(79-73(76)67-64-61-58-55-52-48-24-21-18-15-12-9-6-3)68-77-71(74)65-62-59-56-53-50-47-23-20-17-14-11-8-5-2/h7,10,12,15-16,19,21,24-26,28-29,31-32,34-35,37-38,40-41,43-44,46,49,70H,4-6,8-9,11,13-14,17-18,20,22-23,27,30,33,36,39,42,45,47-48,50-69H2,1-3H3/b10-7-,15-12-,19-16-,24-21-,26-25-,29-28-,32-31-,35-34-,38-37-,41-40-,44-43-,49-46-. The summed E-state index contributed by atoms with van der Waals surface area (Å²) < 4.78 is 16.8. The molecule has 0 aromatic heterocycles. The lowest BCUT2D eigenvalue weighted by atomic mass is 10.0. The molecule has 0 spiro atoms. The van der Waals surface area contributed by atoms with Gasteiger partial charge in [-0.2, -0.15) is 0 Å². The van der Waals surface area contributed by atoms with Gasteiger partial charge in [-0.05, 0) is 122 Å². The Kier molecular flexibility index (Phi) is 61.9. The molecule has 6 heteroatoms. The largest absolute Gasteiger partial charge is 0.462 e. The summed E-state index contributed by atoms with van der Waals surface area (Å²) in [5.74, 6) is -0.934. The maximum Gasteiger partial charge on any atom is 0.306 e. The molecule has 79 heavy (non-hydrogen) atoms. The van der Waals surface area contributed by atoms with E-state index in [0.29, 0.717) is 19.3 Å². The van der Waals surface area contributed by atoms with Crippen molar-refractivity contribution in [3.63, 3.8) is 0 Å². The Hall–Kier alpha value is -4.71. The third-order valence-electron chi connectivity index (χ3n) is 13.3. The highest BCUT2D eigenvalue weighted by Gasteiger charge is 2.19. The number of hydrogen-bond acceptors (Lipinski definition) is 6. The molecule has 0 saturated heterocycles. The second kappa shape index (κ2) is 65.8. The van der Waals surface area contributed by atoms with Crippen LogP contribution < -0.4 is 0 Å². The van der Waals surface area contributed by atoms with E-state index in [9.17, 15) is 14.4 Å². The topological polar surface area (TPSA) is 78.9 Å². The van der Waals surface area contributed by atoms with E-state index in [2.05, 4.69) is 167 Å². The van der Waals surface area contributed by atoms with Crippen LogP contribution >= 0.6 is 0 Å². The average molecular weight is 1090 g/mol. The second-order valence-corrected chi connectivity index (χ2v) is 20.9. The first-order chi connectivity index (χ1) is 39.0. The molecule has 6 nitrogen and oxygen atoms in total. The van der Waals surface area contributed by atoms with Crippen molar-refractivity contribution in [2.75, 3.05) is 13.2 Å². The number of rotatable bonds is 57. The van der Waals surface area contributed by atoms with E-state index in [-0.39, 0.29) is 31.1 Å². The molecule has 0 N–H and O–H groups in total. The summed E-state index contributed by atoms with van der Waals surface area (Å²) in [6.07, 6.45) is 94.3. The zero-order valence-electron chi connectivity index (χ0n) is 51.1. The summed E-state index contributed by atoms with van der Waals surface area (Å²) >= 11 is 0. The van der Waals surface area contributed by atoms with E-state index < -0.39 is 6.10 Å². The molecule has 0 fully saturated rings. The van der Waals surface area contributed by atoms with Crippen LogP contribution in [0.1, 0.15) is 278 Å². The fourth-order valence-electron chi connectivity index (χ4n) is 8.51. The van der Waals surface area contributed by atoms with Gasteiger partial charge in [0.2, 0.25) is 0 Å². The third-order valence-corrected chi connectivity index (χ3v) is 13.3. The van der Waals surface area contributed by atoms with Crippen molar-refractivity contribution in [3.05, 3.63) is 146 Å². The van der Waals surface area contributed by atoms with E-state index >= 15 is 0 Å². The fraction of sp³-hybridized carbons (Fsp3) is 0.630. The Morgan fingerprint density at radius 3 is 0.823 bits per heavy atom. The van der Waals surface area contributed by atoms with Crippen molar-refractivity contribution in [1.29, 1.82) is 0 Å². The van der Waals surface area contributed by atoms with Gasteiger partial charge in [0.1, 0.15) is 13.2 Å². The molecule has 0 aliphatic carbocycles. The summed E-state index contributed by atoms with van der Waals surface area (Å²) in [4.78, 5) is 38.2. The number of esters is 3. The molecule has 0 amide bonds. The Labute approximate surface area is 487 Å². The van der Waals surface area contributed by atoms with Crippen LogP contribution in [0.5, 0.6) is 0 Å². The van der Waals surface area contributed by atoms with Crippen molar-refractivity contribution >= 4 is 17.9 Å². The molecule has 0 aromatic carbocycles. The number of carbonyl (C=O) groups excluding carboxylic acids is 3. The minimum Gasteiger partial charge on any atom is -0.462 e. The highest BCUT2D eigenvalue weighted by atomic mass is 16.6. The van der Waals surface area contributed by atoms with Crippen LogP contribution in [0.2, 0.25) is 0 Å². The van der Waals surface area contributed by atoms with Crippen LogP contribution in [-0.4, -0.2) is 37.2 Å². The van der Waals surface area contributed by atoms with E-state index in [1.807, 2.05) is 0 Å². The Morgan fingerprint density at radius 2 is 0.519 bits per heavy atom. The minimum atomic E-state index is -0.799. The van der Waals surface area contributed by atoms with Gasteiger partial charge in [0.25, 0.3) is 0 Å². The fourth-order valence-corrected chi connectivity index (χ4v) is 8.51. The molecule has 1 unspecified atom stereocenters. The SMILES string of the molecule is CC/C=C\C/C=C\C/C=C\C/C=C\C/C=C\C/C=C\C/C=C\C/C=C\C/C=C\C/C=C\CCCCCCC(=O)OCC(COC(=O)CCCCCCCCCCCCCCC)OC(=O)CCCCCCC/C=C\C/C=C\CCC. The van der Waals surface area contributed by atoms with Crippen LogP contribution in [0.4, 0.5) is 0 Å². The first-order valence-electron chi connectivity index (χ1n) is 32.3. The lowest BCUT2D eigenvalue weighted by Gasteiger charge is -2.18. The minimum absolute atomic E-state index is 0.0936. The van der Waals surface area contributed by atoms with Crippen LogP contribution in [0.15, 0.2) is 146 Å². The predicted octanol–water partition coefficient (Wildman–Crippen LogP) is 22.3. The lowest BCUT2D eigenvalue weighted by Crippen LogP contribution is -2.30. The maximum atomic E-state index is 12.8. The predicted molar refractivity (Wildman–Crippen MR) is 343 cm³/mol. The summed E-state index contributed by atoms with van der Waals surface area (Å²) in [7, 11) is 0. The highest BCUT2D eigenvalue weighted by molar-refractivity contribution is 5.71. The number of unbranched alkanes of at least 4 members (excludes halogenated alkanes) is 22. The number of hydrogen-bond donors (Lipinski definition) is 0. The molecule has 0 radical (unpaired) electrons. The van der Waals surface area contributed by atoms with E-state index in [0.717, 1.165) is 167 Å². The van der Waals surface area contributed by atoms with Gasteiger partial charge in [0.15, 0.2) is 6.10 Å². The quantitative estimate of drug-likeness (QED) is 0.0261. The summed E-state index contributed by atoms with van der Waals surface area (Å²) in [6, 6.07) is 0. The molecule has 0 aliphatic rings. The van der Waals surface area contributed by atoms with Gasteiger partial charge in [-0.15, -0.1) is 0 Å². The van der Waals surface area contributed by atoms with E-state index in [4.69, 9.17) is 14.2 Å². The van der Waals surface area contributed by atoms with E-state index in [1.165, 1.54) is 70.6 Å². The summed E-state index contributed by atoms with van der Waals surface area (Å²) in [5, 5.41) is 0. The average Bonchev–Trinajstić information content (AvgIpc) is 3.45. The zero-order chi connectivity index (χ0) is 57.1. The molecule has 0 heterocycles. The highest BCUT2D eigenvalue weighted by Crippen LogP contribution is 2.15. The van der Waals surface area contributed by atoms with Crippen LogP contribution in [-0.2, 0) is 28.6 Å². The van der Waals surface area contributed by atoms with E-state index in [1.54, 1.807) is 0 Å². The first-order valence-corrected chi connectivity index (χ1v) is 32.3. The van der Waals surface area contributed by atoms with Gasteiger partial charge in [-0.1, -0.05) is 282 Å². The Balaban J connectivity index is 4.30. The molecule has 0 saturated carbocycles. The molecule has 446 valence electrons. The van der Waals surface area contributed by atoms with Gasteiger partial charge >= 0.3 is 17.9 Å². The molecule has 1 atom stereocenters. The molecular weight excluding hydrogens is 973 g/mol. The molecular formula is C73H118O6. The van der Waals surface area contributed by atoms with Crippen molar-refractivity contribution in [2.45, 2.75) is 284 Å². The maximum absolute atomic E-state index is 12.8. The Morgan fingerprint density at radius 1 is 0.266 bits per heavy atom. The second-order valence-electron chi connectivity index (χ2n) is 20.9. The smallest absolute Gasteiger partial charge is 0.306 e. The van der Waals surface area contributed by atoms with Gasteiger partial charge in [0, 0.05) is 19.3 Å². The number of allylic oxidation sites excluding steroid dienone is 24. The molecule has 0 rings (SSSR count). The van der Waals surface area contributed by atoms with Crippen molar-refractivity contribution < 1.29 is 28.6 Å². The first kappa shape index (κ1) is 74.3. The van der Waals surface area contributed by atoms with Crippen molar-refractivity contribution in [1.82, 2.24) is 0 Å². The van der Waals surface area contributed by atoms with Crippen molar-refractivity contribution in [2.24, 2.45) is 0 Å². The molecule has 0 bridgehead atoms. The normalized spacial score (nSPS) is 13.1. The number of carbonyl (C=O) groups is 3. The summed E-state index contributed by atoms with van der Waals surface area (Å²) in [6.45, 7) is 6.43. The lowest BCUT2D eigenvalue weighted by molar-refractivity contribution is -0.167. The third kappa shape index (κ3) is 64.0. The van der Waals surface area contributed by atoms with Gasteiger partial charge < -0.3 is 14.2 Å². The number of ether oxygens (including phenoxy) is 3. The van der Waals surface area contributed by atoms with Gasteiger partial charge in [-0.3, -0.25) is 14.4 Å². The van der Waals surface area contributed by atoms with Gasteiger partial charge in [-0.25, -0.2) is 0 Å². The molecule has 0 aromatic rings.